The molecule has 0 radical (unpaired) electrons. The highest BCUT2D eigenvalue weighted by Crippen LogP contribution is 2.34. The van der Waals surface area contributed by atoms with Crippen LogP contribution in [0.2, 0.25) is 0 Å². The van der Waals surface area contributed by atoms with Crippen molar-refractivity contribution in [1.82, 2.24) is 0 Å². The molecule has 3 aromatic rings. The molecule has 8 heteroatoms. The largest absolute Gasteiger partial charge is 0.279 e. The Hall–Kier alpha value is -3.96. The van der Waals surface area contributed by atoms with Crippen LogP contribution in [0, 0.1) is 11.3 Å². The Morgan fingerprint density at radius 3 is 2.21 bits per heavy atom. The number of rotatable bonds is 4. The minimum atomic E-state index is -4.01. The highest BCUT2D eigenvalue weighted by Gasteiger charge is 2.39. The van der Waals surface area contributed by atoms with Crippen molar-refractivity contribution in [3.8, 4) is 6.07 Å². The van der Waals surface area contributed by atoms with Crippen molar-refractivity contribution in [2.24, 2.45) is 0 Å². The zero-order valence-electron chi connectivity index (χ0n) is 18.3. The third-order valence-corrected chi connectivity index (χ3v) is 6.80. The number of anilines is 2. The van der Waals surface area contributed by atoms with Gasteiger partial charge in [0.15, 0.2) is 0 Å². The van der Waals surface area contributed by atoms with Gasteiger partial charge in [0, 0.05) is 0 Å². The fourth-order valence-electron chi connectivity index (χ4n) is 3.66. The third-order valence-electron chi connectivity index (χ3n) is 5.42. The summed E-state index contributed by atoms with van der Waals surface area (Å²) in [6, 6.07) is 19.0. The van der Waals surface area contributed by atoms with Gasteiger partial charge in [0.1, 0.15) is 0 Å². The van der Waals surface area contributed by atoms with Crippen molar-refractivity contribution in [3.63, 3.8) is 0 Å². The van der Waals surface area contributed by atoms with Crippen LogP contribution in [0.3, 0.4) is 0 Å². The summed E-state index contributed by atoms with van der Waals surface area (Å²) < 4.78 is 28.5. The molecule has 0 saturated heterocycles. The van der Waals surface area contributed by atoms with Gasteiger partial charge in [-0.2, -0.15) is 5.26 Å². The summed E-state index contributed by atoms with van der Waals surface area (Å²) in [5, 5.41) is 9.14. The minimum absolute atomic E-state index is 0.0182. The second-order valence-electron chi connectivity index (χ2n) is 8.72. The van der Waals surface area contributed by atoms with E-state index in [9.17, 15) is 18.0 Å². The lowest BCUT2D eigenvalue weighted by Gasteiger charge is -2.19. The van der Waals surface area contributed by atoms with Crippen molar-refractivity contribution in [2.75, 3.05) is 9.62 Å². The van der Waals surface area contributed by atoms with Crippen molar-refractivity contribution in [3.05, 3.63) is 89.0 Å². The van der Waals surface area contributed by atoms with Crippen LogP contribution in [-0.2, 0) is 15.4 Å². The van der Waals surface area contributed by atoms with E-state index in [1.807, 2.05) is 26.8 Å². The number of hydrogen-bond acceptors (Lipinski definition) is 5. The number of hydrogen-bond donors (Lipinski definition) is 1. The van der Waals surface area contributed by atoms with Gasteiger partial charge in [0.2, 0.25) is 0 Å². The van der Waals surface area contributed by atoms with Crippen LogP contribution in [-0.4, -0.2) is 20.2 Å². The van der Waals surface area contributed by atoms with Gasteiger partial charge >= 0.3 is 0 Å². The Morgan fingerprint density at radius 2 is 1.58 bits per heavy atom. The van der Waals surface area contributed by atoms with Gasteiger partial charge in [-0.3, -0.25) is 14.3 Å². The molecule has 0 saturated carbocycles. The van der Waals surface area contributed by atoms with Gasteiger partial charge in [-0.15, -0.1) is 0 Å². The topological polar surface area (TPSA) is 107 Å². The van der Waals surface area contributed by atoms with Crippen molar-refractivity contribution in [2.45, 2.75) is 31.1 Å². The molecule has 1 N–H and O–H groups in total. The molecule has 4 rings (SSSR count). The Labute approximate surface area is 192 Å². The molecule has 0 aliphatic carbocycles. The number of fused-ring (bicyclic) bond motifs is 1. The molecule has 0 unspecified atom stereocenters. The maximum Gasteiger partial charge on any atom is 0.268 e. The minimum Gasteiger partial charge on any atom is -0.279 e. The first-order chi connectivity index (χ1) is 15.5. The van der Waals surface area contributed by atoms with E-state index in [1.165, 1.54) is 36.4 Å². The van der Waals surface area contributed by atoms with Crippen LogP contribution in [0.1, 0.15) is 52.6 Å². The van der Waals surface area contributed by atoms with Gasteiger partial charge < -0.3 is 0 Å². The zero-order chi connectivity index (χ0) is 24.0. The summed E-state index contributed by atoms with van der Waals surface area (Å²) in [5.41, 5.74) is 1.47. The first-order valence-electron chi connectivity index (χ1n) is 10.2. The molecule has 0 spiro atoms. The van der Waals surface area contributed by atoms with Crippen LogP contribution >= 0.6 is 0 Å². The summed E-state index contributed by atoms with van der Waals surface area (Å²) in [7, 11) is -4.01. The molecule has 0 bridgehead atoms. The number of nitriles is 1. The maximum atomic E-state index is 13.2. The lowest BCUT2D eigenvalue weighted by molar-refractivity contribution is 0.0926. The molecular formula is C25H21N3O4S. The normalized spacial score (nSPS) is 13.6. The van der Waals surface area contributed by atoms with Crippen molar-refractivity contribution in [1.29, 1.82) is 5.26 Å². The van der Waals surface area contributed by atoms with Gasteiger partial charge in [0.25, 0.3) is 21.8 Å². The predicted molar refractivity (Wildman–Crippen MR) is 125 cm³/mol. The number of nitrogens with one attached hydrogen (secondary N) is 1. The van der Waals surface area contributed by atoms with Crippen LogP contribution < -0.4 is 9.62 Å². The summed E-state index contributed by atoms with van der Waals surface area (Å²) in [6.07, 6.45) is 0. The Bertz CT molecular complexity index is 1430. The van der Waals surface area contributed by atoms with Gasteiger partial charge in [-0.05, 0) is 53.4 Å². The molecule has 7 nitrogen and oxygen atoms in total. The van der Waals surface area contributed by atoms with E-state index in [-0.39, 0.29) is 32.8 Å². The van der Waals surface area contributed by atoms with Crippen molar-refractivity contribution < 1.29 is 18.0 Å². The van der Waals surface area contributed by atoms with Gasteiger partial charge in [0.05, 0.1) is 39.0 Å². The molecule has 0 atom stereocenters. The Kier molecular flexibility index (Phi) is 5.30. The average molecular weight is 460 g/mol. The van der Waals surface area contributed by atoms with Crippen molar-refractivity contribution >= 4 is 33.2 Å². The predicted octanol–water partition coefficient (Wildman–Crippen LogP) is 4.46. The van der Waals surface area contributed by atoms with E-state index < -0.39 is 21.8 Å². The number of imide groups is 1. The molecule has 2 amide bonds. The fraction of sp³-hybridized carbons (Fsp3) is 0.160. The van der Waals surface area contributed by atoms with E-state index in [0.717, 1.165) is 10.5 Å². The second kappa shape index (κ2) is 7.87. The molecular weight excluding hydrogens is 438 g/mol. The van der Waals surface area contributed by atoms with E-state index >= 15 is 0 Å². The molecule has 1 aliphatic heterocycles. The van der Waals surface area contributed by atoms with Gasteiger partial charge in [-0.1, -0.05) is 45.0 Å². The number of sulfonamides is 1. The molecule has 33 heavy (non-hydrogen) atoms. The fourth-order valence-corrected chi connectivity index (χ4v) is 4.73. The monoisotopic (exact) mass is 459 g/mol. The number of nitrogens with zero attached hydrogens (tertiary/aromatic N) is 2. The lowest BCUT2D eigenvalue weighted by atomic mass is 9.87. The second-order valence-corrected chi connectivity index (χ2v) is 10.4. The van der Waals surface area contributed by atoms with Crippen LogP contribution in [0.25, 0.3) is 0 Å². The zero-order valence-corrected chi connectivity index (χ0v) is 19.1. The molecule has 3 aromatic carbocycles. The molecule has 0 aromatic heterocycles. The number of amides is 2. The van der Waals surface area contributed by atoms with E-state index in [0.29, 0.717) is 5.56 Å². The van der Waals surface area contributed by atoms with Crippen LogP contribution in [0.4, 0.5) is 11.4 Å². The van der Waals surface area contributed by atoms with E-state index in [1.54, 1.807) is 30.3 Å². The summed E-state index contributed by atoms with van der Waals surface area (Å²) in [5.74, 6) is -1.24. The highest BCUT2D eigenvalue weighted by atomic mass is 32.2. The Morgan fingerprint density at radius 1 is 0.909 bits per heavy atom. The number of carbonyl (C=O) groups excluding carboxylic acids is 2. The summed E-state index contributed by atoms with van der Waals surface area (Å²) in [4.78, 5) is 27.2. The first kappa shape index (κ1) is 22.2. The Balaban J connectivity index is 1.70. The van der Waals surface area contributed by atoms with Crippen LogP contribution in [0.15, 0.2) is 71.6 Å². The van der Waals surface area contributed by atoms with Crippen LogP contribution in [0.5, 0.6) is 0 Å². The summed E-state index contributed by atoms with van der Waals surface area (Å²) in [6.45, 7) is 6.09. The average Bonchev–Trinajstić information content (AvgIpc) is 3.04. The first-order valence-corrected chi connectivity index (χ1v) is 11.7. The van der Waals surface area contributed by atoms with E-state index in [2.05, 4.69) is 4.72 Å². The standard InChI is InChI=1S/C25H21N3O4S/c1-25(2,3)17-10-12-19(13-11-17)33(31,32)27-21-9-5-8-20-22(21)24(30)28(23(20)29)18-7-4-6-16(14-18)15-26/h4-14,27H,1-3H3. The molecule has 0 fully saturated rings. The quantitative estimate of drug-likeness (QED) is 0.580. The van der Waals surface area contributed by atoms with Gasteiger partial charge in [-0.25, -0.2) is 13.3 Å². The third kappa shape index (κ3) is 3.99. The SMILES string of the molecule is CC(C)(C)c1ccc(S(=O)(=O)Nc2cccc3c2C(=O)N(c2cccc(C#N)c2)C3=O)cc1. The lowest BCUT2D eigenvalue weighted by Crippen LogP contribution is -2.29. The highest BCUT2D eigenvalue weighted by molar-refractivity contribution is 7.92. The molecule has 1 heterocycles. The summed E-state index contributed by atoms with van der Waals surface area (Å²) >= 11 is 0. The smallest absolute Gasteiger partial charge is 0.268 e. The molecule has 166 valence electrons. The number of carbonyl (C=O) groups is 2. The molecule has 1 aliphatic rings. The number of benzene rings is 3. The van der Waals surface area contributed by atoms with E-state index in [4.69, 9.17) is 5.26 Å². The maximum absolute atomic E-state index is 13.2.